The Hall–Kier alpha value is -0.960. The third-order valence-electron chi connectivity index (χ3n) is 3.27. The number of hydrogen-bond donors (Lipinski definition) is 1. The number of alkyl halides is 2. The lowest BCUT2D eigenvalue weighted by atomic mass is 9.86. The molecule has 0 aromatic heterocycles. The third kappa shape index (κ3) is 2.24. The number of halogens is 2. The van der Waals surface area contributed by atoms with Gasteiger partial charge in [-0.15, -0.1) is 0 Å². The Bertz CT molecular complexity index is 345. The van der Waals surface area contributed by atoms with Crippen LogP contribution in [0, 0.1) is 0 Å². The maximum absolute atomic E-state index is 13.7. The summed E-state index contributed by atoms with van der Waals surface area (Å²) in [7, 11) is 0. The lowest BCUT2D eigenvalue weighted by Crippen LogP contribution is -2.44. The zero-order valence-corrected chi connectivity index (χ0v) is 9.47. The molecule has 0 amide bonds. The van der Waals surface area contributed by atoms with Gasteiger partial charge in [0.1, 0.15) is 0 Å². The van der Waals surface area contributed by atoms with Crippen LogP contribution in [0.1, 0.15) is 30.4 Å². The van der Waals surface area contributed by atoms with Crippen molar-refractivity contribution in [1.29, 1.82) is 0 Å². The molecule has 1 saturated heterocycles. The van der Waals surface area contributed by atoms with Crippen molar-refractivity contribution in [2.24, 2.45) is 0 Å². The molecule has 1 unspecified atom stereocenters. The van der Waals surface area contributed by atoms with Gasteiger partial charge in [-0.05, 0) is 30.5 Å². The first-order chi connectivity index (χ1) is 7.63. The SMILES string of the molecule is CCc1ccc(C2CCNCC2(F)F)cc1. The van der Waals surface area contributed by atoms with Gasteiger partial charge >= 0.3 is 0 Å². The predicted molar refractivity (Wildman–Crippen MR) is 61.0 cm³/mol. The zero-order chi connectivity index (χ0) is 11.6. The zero-order valence-electron chi connectivity index (χ0n) is 9.47. The average molecular weight is 225 g/mol. The molecule has 0 radical (unpaired) electrons. The molecule has 88 valence electrons. The van der Waals surface area contributed by atoms with E-state index in [1.165, 1.54) is 5.56 Å². The second-order valence-corrected chi connectivity index (χ2v) is 4.37. The minimum atomic E-state index is -2.62. The highest BCUT2D eigenvalue weighted by atomic mass is 19.3. The van der Waals surface area contributed by atoms with Crippen LogP contribution in [0.15, 0.2) is 24.3 Å². The molecule has 1 N–H and O–H groups in total. The number of nitrogens with one attached hydrogen (secondary N) is 1. The minimum Gasteiger partial charge on any atom is -0.311 e. The van der Waals surface area contributed by atoms with Crippen LogP contribution in [0.25, 0.3) is 0 Å². The number of piperidine rings is 1. The van der Waals surface area contributed by atoms with Crippen molar-refractivity contribution in [3.8, 4) is 0 Å². The molecule has 1 aliphatic heterocycles. The third-order valence-corrected chi connectivity index (χ3v) is 3.27. The highest BCUT2D eigenvalue weighted by molar-refractivity contribution is 5.27. The summed E-state index contributed by atoms with van der Waals surface area (Å²) >= 11 is 0. The molecule has 16 heavy (non-hydrogen) atoms. The van der Waals surface area contributed by atoms with E-state index < -0.39 is 11.8 Å². The monoisotopic (exact) mass is 225 g/mol. The first-order valence-electron chi connectivity index (χ1n) is 5.81. The second-order valence-electron chi connectivity index (χ2n) is 4.37. The number of aryl methyl sites for hydroxylation is 1. The van der Waals surface area contributed by atoms with Gasteiger partial charge in [-0.1, -0.05) is 31.2 Å². The fraction of sp³-hybridized carbons (Fsp3) is 0.538. The molecule has 1 atom stereocenters. The minimum absolute atomic E-state index is 0.201. The summed E-state index contributed by atoms with van der Waals surface area (Å²) in [6, 6.07) is 7.60. The Morgan fingerprint density at radius 2 is 2.00 bits per heavy atom. The van der Waals surface area contributed by atoms with Crippen molar-refractivity contribution in [2.45, 2.75) is 31.6 Å². The number of benzene rings is 1. The molecule has 1 aromatic rings. The van der Waals surface area contributed by atoms with Gasteiger partial charge in [0.25, 0.3) is 5.92 Å². The van der Waals surface area contributed by atoms with E-state index in [1.54, 1.807) is 0 Å². The van der Waals surface area contributed by atoms with Gasteiger partial charge in [-0.25, -0.2) is 8.78 Å². The van der Waals surface area contributed by atoms with Crippen LogP contribution < -0.4 is 5.32 Å². The Morgan fingerprint density at radius 1 is 1.31 bits per heavy atom. The molecule has 3 heteroatoms. The van der Waals surface area contributed by atoms with Gasteiger partial charge in [0, 0.05) is 0 Å². The number of hydrogen-bond acceptors (Lipinski definition) is 1. The Kier molecular flexibility index (Phi) is 3.24. The van der Waals surface area contributed by atoms with Crippen molar-refractivity contribution in [3.63, 3.8) is 0 Å². The topological polar surface area (TPSA) is 12.0 Å². The molecule has 0 saturated carbocycles. The molecule has 1 heterocycles. The first kappa shape index (κ1) is 11.5. The molecule has 0 aliphatic carbocycles. The van der Waals surface area contributed by atoms with Crippen LogP contribution in [0.2, 0.25) is 0 Å². The maximum Gasteiger partial charge on any atom is 0.267 e. The summed E-state index contributed by atoms with van der Waals surface area (Å²) in [5.41, 5.74) is 1.96. The van der Waals surface area contributed by atoms with Crippen LogP contribution in [-0.4, -0.2) is 19.0 Å². The van der Waals surface area contributed by atoms with E-state index in [0.717, 1.165) is 12.0 Å². The maximum atomic E-state index is 13.7. The van der Waals surface area contributed by atoms with Crippen molar-refractivity contribution in [1.82, 2.24) is 5.32 Å². The molecule has 2 rings (SSSR count). The van der Waals surface area contributed by atoms with Crippen LogP contribution >= 0.6 is 0 Å². The lowest BCUT2D eigenvalue weighted by molar-refractivity contribution is -0.0420. The molecule has 1 nitrogen and oxygen atoms in total. The first-order valence-corrected chi connectivity index (χ1v) is 5.81. The summed E-state index contributed by atoms with van der Waals surface area (Å²) in [5, 5.41) is 2.75. The fourth-order valence-corrected chi connectivity index (χ4v) is 2.23. The molecule has 1 aromatic carbocycles. The molecular weight excluding hydrogens is 208 g/mol. The highest BCUT2D eigenvalue weighted by Crippen LogP contribution is 2.37. The van der Waals surface area contributed by atoms with Gasteiger partial charge in [0.2, 0.25) is 0 Å². The smallest absolute Gasteiger partial charge is 0.267 e. The summed E-state index contributed by atoms with van der Waals surface area (Å²) in [6.07, 6.45) is 1.46. The standard InChI is InChI=1S/C13H17F2N/c1-2-10-3-5-11(6-4-10)12-7-8-16-9-13(12,14)15/h3-6,12,16H,2,7-9H2,1H3. The van der Waals surface area contributed by atoms with E-state index in [9.17, 15) is 8.78 Å². The average Bonchev–Trinajstić information content (AvgIpc) is 2.29. The van der Waals surface area contributed by atoms with Crippen LogP contribution in [0.5, 0.6) is 0 Å². The van der Waals surface area contributed by atoms with E-state index in [1.807, 2.05) is 24.3 Å². The fourth-order valence-electron chi connectivity index (χ4n) is 2.23. The van der Waals surface area contributed by atoms with Gasteiger partial charge in [-0.3, -0.25) is 0 Å². The Balaban J connectivity index is 2.21. The summed E-state index contributed by atoms with van der Waals surface area (Å²) in [4.78, 5) is 0. The molecule has 0 bridgehead atoms. The summed E-state index contributed by atoms with van der Waals surface area (Å²) in [5.74, 6) is -3.24. The van der Waals surface area contributed by atoms with E-state index in [0.29, 0.717) is 13.0 Å². The Labute approximate surface area is 94.9 Å². The van der Waals surface area contributed by atoms with Gasteiger partial charge < -0.3 is 5.32 Å². The molecular formula is C13H17F2N. The molecule has 1 aliphatic rings. The number of rotatable bonds is 2. The predicted octanol–water partition coefficient (Wildman–Crippen LogP) is 2.96. The molecule has 0 spiro atoms. The lowest BCUT2D eigenvalue weighted by Gasteiger charge is -2.32. The van der Waals surface area contributed by atoms with E-state index in [2.05, 4.69) is 12.2 Å². The summed E-state index contributed by atoms with van der Waals surface area (Å²) in [6.45, 7) is 2.54. The van der Waals surface area contributed by atoms with Gasteiger partial charge in [0.15, 0.2) is 0 Å². The van der Waals surface area contributed by atoms with E-state index in [-0.39, 0.29) is 6.54 Å². The quantitative estimate of drug-likeness (QED) is 0.816. The Morgan fingerprint density at radius 3 is 2.56 bits per heavy atom. The summed E-state index contributed by atoms with van der Waals surface area (Å²) < 4.78 is 27.3. The van der Waals surface area contributed by atoms with Crippen molar-refractivity contribution in [2.75, 3.05) is 13.1 Å². The van der Waals surface area contributed by atoms with Gasteiger partial charge in [0.05, 0.1) is 12.5 Å². The van der Waals surface area contributed by atoms with Gasteiger partial charge in [-0.2, -0.15) is 0 Å². The van der Waals surface area contributed by atoms with E-state index in [4.69, 9.17) is 0 Å². The van der Waals surface area contributed by atoms with E-state index >= 15 is 0 Å². The van der Waals surface area contributed by atoms with Crippen molar-refractivity contribution < 1.29 is 8.78 Å². The highest BCUT2D eigenvalue weighted by Gasteiger charge is 2.42. The van der Waals surface area contributed by atoms with Crippen LogP contribution in [0.3, 0.4) is 0 Å². The van der Waals surface area contributed by atoms with Crippen LogP contribution in [0.4, 0.5) is 8.78 Å². The molecule has 1 fully saturated rings. The largest absolute Gasteiger partial charge is 0.311 e. The van der Waals surface area contributed by atoms with Crippen molar-refractivity contribution in [3.05, 3.63) is 35.4 Å². The second kappa shape index (κ2) is 4.50. The van der Waals surface area contributed by atoms with Crippen LogP contribution in [-0.2, 0) is 6.42 Å². The van der Waals surface area contributed by atoms with Crippen molar-refractivity contribution >= 4 is 0 Å². The normalized spacial score (nSPS) is 24.3.